The Hall–Kier alpha value is -1.67. The Labute approximate surface area is 118 Å². The molecule has 1 N–H and O–H groups in total. The molecule has 1 aromatic rings. The summed E-state index contributed by atoms with van der Waals surface area (Å²) in [6, 6.07) is 1.66. The minimum absolute atomic E-state index is 0.0165. The molecule has 0 bridgehead atoms. The lowest BCUT2D eigenvalue weighted by molar-refractivity contribution is -0.385. The number of aromatic carboxylic acids is 1. The molecular formula is C12H12FNO5S. The van der Waals surface area contributed by atoms with Gasteiger partial charge in [0.1, 0.15) is 11.4 Å². The number of hydrogen-bond acceptors (Lipinski definition) is 5. The molecule has 1 saturated heterocycles. The maximum absolute atomic E-state index is 13.8. The molecule has 0 aromatic heterocycles. The molecule has 0 saturated carbocycles. The van der Waals surface area contributed by atoms with Crippen molar-refractivity contribution < 1.29 is 24.0 Å². The first-order valence-corrected chi connectivity index (χ1v) is 6.93. The molecule has 0 spiro atoms. The van der Waals surface area contributed by atoms with Crippen LogP contribution in [0.5, 0.6) is 0 Å². The number of hydrogen-bond donors (Lipinski definition) is 1. The van der Waals surface area contributed by atoms with Crippen molar-refractivity contribution in [2.45, 2.75) is 23.8 Å². The van der Waals surface area contributed by atoms with Crippen molar-refractivity contribution in [3.05, 3.63) is 33.6 Å². The molecule has 8 heteroatoms. The smallest absolute Gasteiger partial charge is 0.342 e. The second-order valence-electron chi connectivity index (χ2n) is 4.31. The number of rotatable bonds is 5. The van der Waals surface area contributed by atoms with Gasteiger partial charge in [0.15, 0.2) is 0 Å². The Morgan fingerprint density at radius 2 is 2.35 bits per heavy atom. The van der Waals surface area contributed by atoms with Crippen LogP contribution in [-0.2, 0) is 4.74 Å². The highest BCUT2D eigenvalue weighted by molar-refractivity contribution is 7.99. The van der Waals surface area contributed by atoms with Crippen LogP contribution in [-0.4, -0.2) is 34.5 Å². The predicted molar refractivity (Wildman–Crippen MR) is 69.7 cm³/mol. The average Bonchev–Trinajstić information content (AvgIpc) is 2.89. The van der Waals surface area contributed by atoms with E-state index in [2.05, 4.69) is 0 Å². The highest BCUT2D eigenvalue weighted by Gasteiger charge is 2.24. The minimum Gasteiger partial charge on any atom is -0.477 e. The molecule has 1 atom stereocenters. The van der Waals surface area contributed by atoms with Gasteiger partial charge in [-0.3, -0.25) is 10.1 Å². The van der Waals surface area contributed by atoms with Gasteiger partial charge in [-0.15, -0.1) is 11.8 Å². The van der Waals surface area contributed by atoms with E-state index in [1.807, 2.05) is 0 Å². The second kappa shape index (κ2) is 6.19. The van der Waals surface area contributed by atoms with E-state index < -0.39 is 28.0 Å². The van der Waals surface area contributed by atoms with Gasteiger partial charge in [-0.05, 0) is 18.9 Å². The standard InChI is InChI=1S/C12H12FNO5S/c13-9-5-10(14(17)18)8(12(15)16)4-11(9)20-6-7-2-1-3-19-7/h4-5,7H,1-3,6H2,(H,15,16). The SMILES string of the molecule is O=C(O)c1cc(SCC2CCCO2)c(F)cc1[N+](=O)[O-]. The molecule has 0 amide bonds. The van der Waals surface area contributed by atoms with Crippen molar-refractivity contribution in [3.63, 3.8) is 0 Å². The van der Waals surface area contributed by atoms with Gasteiger partial charge in [0.2, 0.25) is 0 Å². The summed E-state index contributed by atoms with van der Waals surface area (Å²) in [5.74, 6) is -1.74. The van der Waals surface area contributed by atoms with Crippen LogP contribution < -0.4 is 0 Å². The Balaban J connectivity index is 2.22. The van der Waals surface area contributed by atoms with Crippen LogP contribution in [0.3, 0.4) is 0 Å². The van der Waals surface area contributed by atoms with E-state index in [-0.39, 0.29) is 11.0 Å². The zero-order valence-electron chi connectivity index (χ0n) is 10.4. The van der Waals surface area contributed by atoms with E-state index in [0.717, 1.165) is 30.7 Å². The van der Waals surface area contributed by atoms with E-state index >= 15 is 0 Å². The summed E-state index contributed by atoms with van der Waals surface area (Å²) in [4.78, 5) is 20.9. The van der Waals surface area contributed by atoms with Crippen LogP contribution in [0.15, 0.2) is 17.0 Å². The zero-order valence-corrected chi connectivity index (χ0v) is 11.2. The Bertz CT molecular complexity index is 545. The Morgan fingerprint density at radius 1 is 1.60 bits per heavy atom. The van der Waals surface area contributed by atoms with E-state index in [0.29, 0.717) is 18.4 Å². The van der Waals surface area contributed by atoms with Gasteiger partial charge < -0.3 is 9.84 Å². The monoisotopic (exact) mass is 301 g/mol. The molecule has 1 aliphatic rings. The summed E-state index contributed by atoms with van der Waals surface area (Å²) < 4.78 is 19.2. The van der Waals surface area contributed by atoms with Crippen molar-refractivity contribution in [1.29, 1.82) is 0 Å². The average molecular weight is 301 g/mol. The van der Waals surface area contributed by atoms with E-state index in [4.69, 9.17) is 9.84 Å². The summed E-state index contributed by atoms with van der Waals surface area (Å²) in [5.41, 5.74) is -1.25. The molecule has 1 unspecified atom stereocenters. The van der Waals surface area contributed by atoms with Gasteiger partial charge in [-0.1, -0.05) is 0 Å². The molecule has 1 fully saturated rings. The number of nitro groups is 1. The first-order valence-electron chi connectivity index (χ1n) is 5.94. The van der Waals surface area contributed by atoms with Gasteiger partial charge in [-0.2, -0.15) is 0 Å². The summed E-state index contributed by atoms with van der Waals surface area (Å²) in [5, 5.41) is 19.7. The van der Waals surface area contributed by atoms with Crippen molar-refractivity contribution in [2.75, 3.05) is 12.4 Å². The number of nitrogens with zero attached hydrogens (tertiary/aromatic N) is 1. The lowest BCUT2D eigenvalue weighted by atomic mass is 10.2. The normalized spacial score (nSPS) is 18.1. The van der Waals surface area contributed by atoms with Gasteiger partial charge in [0.25, 0.3) is 5.69 Å². The molecule has 1 heterocycles. The highest BCUT2D eigenvalue weighted by Crippen LogP contribution is 2.31. The molecule has 1 aromatic carbocycles. The summed E-state index contributed by atoms with van der Waals surface area (Å²) >= 11 is 1.11. The van der Waals surface area contributed by atoms with Crippen LogP contribution in [0, 0.1) is 15.9 Å². The summed E-state index contributed by atoms with van der Waals surface area (Å²) in [7, 11) is 0. The van der Waals surface area contributed by atoms with Crippen LogP contribution in [0.2, 0.25) is 0 Å². The number of nitro benzene ring substituents is 1. The molecule has 0 radical (unpaired) electrons. The van der Waals surface area contributed by atoms with Crippen LogP contribution in [0.25, 0.3) is 0 Å². The quantitative estimate of drug-likeness (QED) is 0.511. The largest absolute Gasteiger partial charge is 0.477 e. The fraction of sp³-hybridized carbons (Fsp3) is 0.417. The van der Waals surface area contributed by atoms with Crippen molar-refractivity contribution >= 4 is 23.4 Å². The maximum Gasteiger partial charge on any atom is 0.342 e. The zero-order chi connectivity index (χ0) is 14.7. The summed E-state index contributed by atoms with van der Waals surface area (Å²) in [6.45, 7) is 0.675. The molecule has 2 rings (SSSR count). The van der Waals surface area contributed by atoms with E-state index in [1.165, 1.54) is 0 Å². The minimum atomic E-state index is -1.45. The van der Waals surface area contributed by atoms with Crippen LogP contribution in [0.1, 0.15) is 23.2 Å². The highest BCUT2D eigenvalue weighted by atomic mass is 32.2. The fourth-order valence-corrected chi connectivity index (χ4v) is 2.96. The van der Waals surface area contributed by atoms with Gasteiger partial charge in [0.05, 0.1) is 17.1 Å². The number of halogens is 1. The van der Waals surface area contributed by atoms with Gasteiger partial charge in [0, 0.05) is 17.3 Å². The van der Waals surface area contributed by atoms with Crippen LogP contribution in [0.4, 0.5) is 10.1 Å². The number of carboxylic acid groups (broad SMARTS) is 1. The third kappa shape index (κ3) is 3.26. The number of carbonyl (C=O) groups is 1. The van der Waals surface area contributed by atoms with Gasteiger partial charge >= 0.3 is 5.97 Å². The Morgan fingerprint density at radius 3 is 2.90 bits per heavy atom. The Kier molecular flexibility index (Phi) is 4.56. The molecular weight excluding hydrogens is 289 g/mol. The maximum atomic E-state index is 13.8. The lowest BCUT2D eigenvalue weighted by Gasteiger charge is -2.10. The van der Waals surface area contributed by atoms with Crippen molar-refractivity contribution in [2.24, 2.45) is 0 Å². The first-order chi connectivity index (χ1) is 9.49. The molecule has 6 nitrogen and oxygen atoms in total. The third-order valence-electron chi connectivity index (χ3n) is 2.93. The fourth-order valence-electron chi connectivity index (χ4n) is 1.93. The first kappa shape index (κ1) is 14.7. The van der Waals surface area contributed by atoms with E-state index in [1.54, 1.807) is 0 Å². The third-order valence-corrected chi connectivity index (χ3v) is 4.09. The second-order valence-corrected chi connectivity index (χ2v) is 5.37. The van der Waals surface area contributed by atoms with Gasteiger partial charge in [-0.25, -0.2) is 9.18 Å². The lowest BCUT2D eigenvalue weighted by Crippen LogP contribution is -2.09. The molecule has 0 aliphatic carbocycles. The number of benzene rings is 1. The molecule has 108 valence electrons. The number of carboxylic acids is 1. The summed E-state index contributed by atoms with van der Waals surface area (Å²) in [6.07, 6.45) is 1.85. The van der Waals surface area contributed by atoms with Crippen molar-refractivity contribution in [3.8, 4) is 0 Å². The molecule has 1 aliphatic heterocycles. The predicted octanol–water partition coefficient (Wildman–Crippen LogP) is 2.70. The van der Waals surface area contributed by atoms with Crippen molar-refractivity contribution in [1.82, 2.24) is 0 Å². The number of thioether (sulfide) groups is 1. The molecule has 20 heavy (non-hydrogen) atoms. The number of ether oxygens (including phenoxy) is 1. The topological polar surface area (TPSA) is 89.7 Å². The van der Waals surface area contributed by atoms with Crippen LogP contribution >= 0.6 is 11.8 Å². The van der Waals surface area contributed by atoms with E-state index in [9.17, 15) is 19.3 Å².